The van der Waals surface area contributed by atoms with Gasteiger partial charge in [0.15, 0.2) is 0 Å². The molecule has 5 rings (SSSR count). The van der Waals surface area contributed by atoms with Crippen LogP contribution in [-0.4, -0.2) is 24.2 Å². The van der Waals surface area contributed by atoms with Gasteiger partial charge in [-0.2, -0.15) is 0 Å². The lowest BCUT2D eigenvalue weighted by molar-refractivity contribution is 0.418. The molecule has 182 valence electrons. The number of rotatable bonds is 7. The second kappa shape index (κ2) is 10.6. The third kappa shape index (κ3) is 4.52. The van der Waals surface area contributed by atoms with Gasteiger partial charge in [0.1, 0.15) is 22.5 Å². The van der Waals surface area contributed by atoms with Crippen molar-refractivity contribution >= 4 is 60.9 Å². The van der Waals surface area contributed by atoms with Crippen molar-refractivity contribution in [3.05, 3.63) is 92.6 Å². The maximum Gasteiger partial charge on any atom is 0.145 e. The summed E-state index contributed by atoms with van der Waals surface area (Å²) >= 11 is 17.3. The number of aryl methyl sites for hydroxylation is 2. The van der Waals surface area contributed by atoms with Crippen LogP contribution < -0.4 is 9.47 Å². The highest BCUT2D eigenvalue weighted by atomic mass is 79.9. The third-order valence-electron chi connectivity index (χ3n) is 6.35. The van der Waals surface area contributed by atoms with E-state index < -0.39 is 0 Å². The molecule has 0 spiro atoms. The second-order valence-corrected chi connectivity index (χ2v) is 10.0. The standard InChI is InChI=1S/C29H23BrCl2N2O2/c1-35-22-12-11-21(31)25-26(30)19(16-34-28(22)25)10-6-9-18-15-23(36-2)29-24(27(18)32)20(13-14-33-29)17-7-4-3-5-8-17/h3-5,7-8,11-16H,6,9-10H2,1-2H3. The maximum absolute atomic E-state index is 7.02. The Morgan fingerprint density at radius 1 is 0.806 bits per heavy atom. The van der Waals surface area contributed by atoms with Crippen LogP contribution in [0.1, 0.15) is 17.5 Å². The van der Waals surface area contributed by atoms with Gasteiger partial charge in [-0.05, 0) is 81.7 Å². The predicted molar refractivity (Wildman–Crippen MR) is 152 cm³/mol. The van der Waals surface area contributed by atoms with Crippen LogP contribution in [0.3, 0.4) is 0 Å². The first-order valence-electron chi connectivity index (χ1n) is 11.5. The Balaban J connectivity index is 1.48. The van der Waals surface area contributed by atoms with E-state index in [0.29, 0.717) is 15.8 Å². The lowest BCUT2D eigenvalue weighted by Crippen LogP contribution is -1.98. The zero-order valence-electron chi connectivity index (χ0n) is 19.8. The van der Waals surface area contributed by atoms with Gasteiger partial charge in [-0.25, -0.2) is 0 Å². The highest BCUT2D eigenvalue weighted by Gasteiger charge is 2.18. The van der Waals surface area contributed by atoms with E-state index in [1.54, 1.807) is 20.4 Å². The fraction of sp³-hybridized carbons (Fsp3) is 0.172. The molecule has 0 saturated heterocycles. The number of aromatic nitrogens is 2. The normalized spacial score (nSPS) is 11.2. The van der Waals surface area contributed by atoms with Crippen LogP contribution in [0.2, 0.25) is 10.0 Å². The minimum atomic E-state index is 0.635. The van der Waals surface area contributed by atoms with Crippen LogP contribution in [0.5, 0.6) is 11.5 Å². The van der Waals surface area contributed by atoms with Crippen molar-refractivity contribution in [3.63, 3.8) is 0 Å². The summed E-state index contributed by atoms with van der Waals surface area (Å²) in [5.41, 5.74) is 5.73. The molecule has 0 aliphatic heterocycles. The highest BCUT2D eigenvalue weighted by Crippen LogP contribution is 2.41. The van der Waals surface area contributed by atoms with Gasteiger partial charge in [0, 0.05) is 27.6 Å². The summed E-state index contributed by atoms with van der Waals surface area (Å²) < 4.78 is 12.1. The van der Waals surface area contributed by atoms with Crippen molar-refractivity contribution in [2.75, 3.05) is 14.2 Å². The highest BCUT2D eigenvalue weighted by molar-refractivity contribution is 9.10. The van der Waals surface area contributed by atoms with E-state index in [9.17, 15) is 0 Å². The van der Waals surface area contributed by atoms with E-state index in [1.807, 2.05) is 48.7 Å². The molecule has 0 bridgehead atoms. The number of benzene rings is 3. The van der Waals surface area contributed by atoms with Gasteiger partial charge in [-0.1, -0.05) is 53.5 Å². The Kier molecular flexibility index (Phi) is 7.33. The lowest BCUT2D eigenvalue weighted by atomic mass is 9.97. The summed E-state index contributed by atoms with van der Waals surface area (Å²) in [5, 5.41) is 3.11. The van der Waals surface area contributed by atoms with Crippen molar-refractivity contribution in [3.8, 4) is 22.6 Å². The molecule has 0 unspecified atom stereocenters. The Morgan fingerprint density at radius 2 is 1.53 bits per heavy atom. The van der Waals surface area contributed by atoms with Crippen LogP contribution in [0.15, 0.2) is 71.5 Å². The van der Waals surface area contributed by atoms with Crippen molar-refractivity contribution in [2.24, 2.45) is 0 Å². The van der Waals surface area contributed by atoms with Crippen LogP contribution >= 0.6 is 39.1 Å². The molecule has 0 aliphatic carbocycles. The monoisotopic (exact) mass is 580 g/mol. The SMILES string of the molecule is COc1cc(CCCc2cnc3c(OC)ccc(Cl)c3c2Br)c(Cl)c2c(-c3ccccc3)ccnc12. The number of hydrogen-bond donors (Lipinski definition) is 0. The van der Waals surface area contributed by atoms with E-state index in [2.05, 4.69) is 38.0 Å². The summed E-state index contributed by atoms with van der Waals surface area (Å²) in [6.45, 7) is 0. The van der Waals surface area contributed by atoms with Gasteiger partial charge in [0.2, 0.25) is 0 Å². The first-order chi connectivity index (χ1) is 17.5. The number of pyridine rings is 2. The quantitative estimate of drug-likeness (QED) is 0.193. The fourth-order valence-electron chi connectivity index (χ4n) is 4.57. The van der Waals surface area contributed by atoms with Crippen molar-refractivity contribution in [1.29, 1.82) is 0 Å². The molecule has 7 heteroatoms. The molecule has 0 amide bonds. The van der Waals surface area contributed by atoms with Gasteiger partial charge >= 0.3 is 0 Å². The fourth-order valence-corrected chi connectivity index (χ4v) is 5.97. The average Bonchev–Trinajstić information content (AvgIpc) is 2.91. The zero-order valence-corrected chi connectivity index (χ0v) is 22.9. The molecule has 0 aliphatic rings. The maximum atomic E-state index is 7.02. The Morgan fingerprint density at radius 3 is 2.28 bits per heavy atom. The van der Waals surface area contributed by atoms with Crippen molar-refractivity contribution in [2.45, 2.75) is 19.3 Å². The molecule has 2 heterocycles. The largest absolute Gasteiger partial charge is 0.494 e. The average molecular weight is 582 g/mol. The molecule has 5 aromatic rings. The topological polar surface area (TPSA) is 44.2 Å². The minimum Gasteiger partial charge on any atom is -0.494 e. The molecule has 0 fully saturated rings. The molecular weight excluding hydrogens is 559 g/mol. The molecular formula is C29H23BrCl2N2O2. The van der Waals surface area contributed by atoms with Gasteiger partial charge in [-0.3, -0.25) is 9.97 Å². The molecule has 0 radical (unpaired) electrons. The van der Waals surface area contributed by atoms with Gasteiger partial charge in [0.25, 0.3) is 0 Å². The molecule has 0 atom stereocenters. The van der Waals surface area contributed by atoms with E-state index in [4.69, 9.17) is 32.7 Å². The van der Waals surface area contributed by atoms with E-state index >= 15 is 0 Å². The predicted octanol–water partition coefficient (Wildman–Crippen LogP) is 8.71. The molecule has 3 aromatic carbocycles. The smallest absolute Gasteiger partial charge is 0.145 e. The van der Waals surface area contributed by atoms with Crippen molar-refractivity contribution in [1.82, 2.24) is 9.97 Å². The summed E-state index contributed by atoms with van der Waals surface area (Å²) in [6, 6.07) is 17.9. The Bertz CT molecular complexity index is 1580. The van der Waals surface area contributed by atoms with Gasteiger partial charge < -0.3 is 9.47 Å². The number of ether oxygens (including phenoxy) is 2. The summed E-state index contributed by atoms with van der Waals surface area (Å²) in [7, 11) is 3.30. The molecule has 36 heavy (non-hydrogen) atoms. The van der Waals surface area contributed by atoms with Crippen LogP contribution in [0, 0.1) is 0 Å². The molecule has 0 N–H and O–H groups in total. The van der Waals surface area contributed by atoms with E-state index in [0.717, 1.165) is 73.5 Å². The number of halogens is 3. The van der Waals surface area contributed by atoms with Gasteiger partial charge in [-0.15, -0.1) is 0 Å². The first kappa shape index (κ1) is 24.8. The Labute approximate surface area is 228 Å². The number of nitrogens with zero attached hydrogens (tertiary/aromatic N) is 2. The Hall–Kier alpha value is -2.86. The summed E-state index contributed by atoms with van der Waals surface area (Å²) in [6.07, 6.45) is 6.11. The molecule has 0 saturated carbocycles. The molecule has 2 aromatic heterocycles. The summed E-state index contributed by atoms with van der Waals surface area (Å²) in [5.74, 6) is 1.41. The van der Waals surface area contributed by atoms with E-state index in [1.165, 1.54) is 0 Å². The number of methoxy groups -OCH3 is 2. The van der Waals surface area contributed by atoms with Crippen LogP contribution in [0.4, 0.5) is 0 Å². The van der Waals surface area contributed by atoms with Crippen LogP contribution in [-0.2, 0) is 12.8 Å². The third-order valence-corrected chi connectivity index (χ3v) is 8.00. The number of hydrogen-bond acceptors (Lipinski definition) is 4. The lowest BCUT2D eigenvalue weighted by Gasteiger charge is -2.15. The number of fused-ring (bicyclic) bond motifs is 2. The summed E-state index contributed by atoms with van der Waals surface area (Å²) in [4.78, 5) is 9.22. The zero-order chi connectivity index (χ0) is 25.2. The van der Waals surface area contributed by atoms with E-state index in [-0.39, 0.29) is 0 Å². The van der Waals surface area contributed by atoms with Gasteiger partial charge in [0.05, 0.1) is 24.3 Å². The second-order valence-electron chi connectivity index (χ2n) is 8.42. The molecule has 4 nitrogen and oxygen atoms in total. The van der Waals surface area contributed by atoms with Crippen LogP contribution in [0.25, 0.3) is 32.9 Å². The van der Waals surface area contributed by atoms with Crippen molar-refractivity contribution < 1.29 is 9.47 Å². The minimum absolute atomic E-state index is 0.635. The first-order valence-corrected chi connectivity index (χ1v) is 13.1.